The molecule has 3 aromatic heterocycles. The van der Waals surface area contributed by atoms with Crippen molar-refractivity contribution in [2.45, 2.75) is 0 Å². The lowest BCUT2D eigenvalue weighted by atomic mass is 10.7. The Balaban J connectivity index is 2.25. The molecular weight excluding hydrogens is 316 g/mol. The first-order valence-corrected chi connectivity index (χ1v) is 10.9. The Labute approximate surface area is 125 Å². The van der Waals surface area contributed by atoms with E-state index in [4.69, 9.17) is 11.6 Å². The highest BCUT2D eigenvalue weighted by atomic mass is 35.5. The van der Waals surface area contributed by atoms with Gasteiger partial charge in [0.15, 0.2) is 8.07 Å². The zero-order valence-electron chi connectivity index (χ0n) is 9.51. The fourth-order valence-corrected chi connectivity index (χ4v) is 14.0. The molecule has 0 fully saturated rings. The summed E-state index contributed by atoms with van der Waals surface area (Å²) in [5.41, 5.74) is 0.717. The molecule has 0 saturated heterocycles. The van der Waals surface area contributed by atoms with Crippen LogP contribution < -0.4 is 13.5 Å². The van der Waals surface area contributed by atoms with E-state index >= 15 is 0 Å². The van der Waals surface area contributed by atoms with E-state index in [1.54, 1.807) is 0 Å². The van der Waals surface area contributed by atoms with E-state index in [0.717, 1.165) is 0 Å². The van der Waals surface area contributed by atoms with E-state index in [9.17, 15) is 0 Å². The second-order valence-corrected chi connectivity index (χ2v) is 12.4. The summed E-state index contributed by atoms with van der Waals surface area (Å²) in [6, 6.07) is 13.1. The van der Waals surface area contributed by atoms with E-state index in [-0.39, 0.29) is 0 Å². The minimum Gasteiger partial charge on any atom is -0.153 e. The highest BCUT2D eigenvalue weighted by Crippen LogP contribution is 2.17. The topological polar surface area (TPSA) is 0 Å². The molecule has 3 rings (SSSR count). The van der Waals surface area contributed by atoms with Crippen molar-refractivity contribution in [3.63, 3.8) is 0 Å². The molecule has 0 aromatic carbocycles. The quantitative estimate of drug-likeness (QED) is 0.510. The number of hydrogen-bond donors (Lipinski definition) is 0. The van der Waals surface area contributed by atoms with Gasteiger partial charge in [-0.3, -0.25) is 0 Å². The molecular formula is C13H11ClS3Si. The monoisotopic (exact) mass is 326 g/mol. The Morgan fingerprint density at radius 2 is 1.17 bits per heavy atom. The maximum absolute atomic E-state index is 6.48. The van der Waals surface area contributed by atoms with Crippen LogP contribution in [-0.4, -0.2) is 13.6 Å². The largest absolute Gasteiger partial charge is 0.198 e. The van der Waals surface area contributed by atoms with Crippen molar-refractivity contribution in [2.75, 3.05) is 5.50 Å². The molecule has 0 radical (unpaired) electrons. The van der Waals surface area contributed by atoms with Crippen LogP contribution in [0.4, 0.5) is 0 Å². The van der Waals surface area contributed by atoms with Crippen LogP contribution in [-0.2, 0) is 0 Å². The third-order valence-electron chi connectivity index (χ3n) is 3.03. The SMILES string of the molecule is ClC[Si](c1cccs1)(c1cccs1)c1cccs1. The van der Waals surface area contributed by atoms with Crippen LogP contribution in [0, 0.1) is 0 Å². The molecule has 18 heavy (non-hydrogen) atoms. The minimum absolute atomic E-state index is 0.717. The van der Waals surface area contributed by atoms with Gasteiger partial charge in [0, 0.05) is 19.0 Å². The summed E-state index contributed by atoms with van der Waals surface area (Å²) < 4.78 is 4.38. The lowest BCUT2D eigenvalue weighted by Gasteiger charge is -2.26. The second kappa shape index (κ2) is 5.31. The average molecular weight is 327 g/mol. The van der Waals surface area contributed by atoms with Crippen molar-refractivity contribution in [1.82, 2.24) is 0 Å². The average Bonchev–Trinajstić information content (AvgIpc) is 3.16. The van der Waals surface area contributed by atoms with E-state index in [1.165, 1.54) is 13.5 Å². The summed E-state index contributed by atoms with van der Waals surface area (Å²) >= 11 is 12.0. The predicted octanol–water partition coefficient (Wildman–Crippen LogP) is 3.12. The normalized spacial score (nSPS) is 11.8. The van der Waals surface area contributed by atoms with Crippen molar-refractivity contribution in [3.05, 3.63) is 52.5 Å². The van der Waals surface area contributed by atoms with Gasteiger partial charge in [-0.1, -0.05) is 36.4 Å². The van der Waals surface area contributed by atoms with Gasteiger partial charge in [-0.2, -0.15) is 34.0 Å². The van der Waals surface area contributed by atoms with Gasteiger partial charge in [-0.25, -0.2) is 0 Å². The molecule has 92 valence electrons. The molecule has 0 unspecified atom stereocenters. The molecule has 0 saturated carbocycles. The van der Waals surface area contributed by atoms with Gasteiger partial charge in [0.2, 0.25) is 0 Å². The molecule has 0 spiro atoms. The van der Waals surface area contributed by atoms with Gasteiger partial charge in [-0.05, 0) is 16.1 Å². The summed E-state index contributed by atoms with van der Waals surface area (Å²) in [6.45, 7) is 0. The Kier molecular flexibility index (Phi) is 3.72. The second-order valence-electron chi connectivity index (χ2n) is 3.97. The molecule has 3 aromatic rings. The number of rotatable bonds is 4. The molecule has 0 bridgehead atoms. The van der Waals surface area contributed by atoms with Crippen LogP contribution in [0.5, 0.6) is 0 Å². The first kappa shape index (κ1) is 12.6. The molecule has 0 aliphatic heterocycles. The van der Waals surface area contributed by atoms with Gasteiger partial charge in [0.05, 0.1) is 0 Å². The van der Waals surface area contributed by atoms with Crippen LogP contribution in [0.25, 0.3) is 0 Å². The standard InChI is InChI=1S/C13H11ClS3Si/c14-10-18(11-4-1-7-15-11,12-5-2-8-16-12)13-6-3-9-17-13/h1-9H,10H2. The number of halogens is 1. The summed E-state index contributed by atoms with van der Waals surface area (Å²) in [6.07, 6.45) is 0. The number of thiophene rings is 3. The van der Waals surface area contributed by atoms with Crippen LogP contribution in [0.1, 0.15) is 0 Å². The van der Waals surface area contributed by atoms with E-state index in [1.807, 2.05) is 34.0 Å². The molecule has 0 aliphatic carbocycles. The highest BCUT2D eigenvalue weighted by Gasteiger charge is 2.41. The van der Waals surface area contributed by atoms with Gasteiger partial charge < -0.3 is 0 Å². The third kappa shape index (κ3) is 1.92. The Bertz CT molecular complexity index is 500. The maximum atomic E-state index is 6.48. The van der Waals surface area contributed by atoms with Gasteiger partial charge >= 0.3 is 0 Å². The molecule has 0 aliphatic rings. The zero-order chi connectivity index (χ0) is 12.4. The van der Waals surface area contributed by atoms with E-state index in [0.29, 0.717) is 5.50 Å². The molecule has 0 amide bonds. The summed E-state index contributed by atoms with van der Waals surface area (Å²) in [4.78, 5) is 0. The van der Waals surface area contributed by atoms with Crippen molar-refractivity contribution in [3.8, 4) is 0 Å². The summed E-state index contributed by atoms with van der Waals surface area (Å²) in [5.74, 6) is 0. The molecule has 0 N–H and O–H groups in total. The van der Waals surface area contributed by atoms with E-state index < -0.39 is 8.07 Å². The fraction of sp³-hybridized carbons (Fsp3) is 0.0769. The number of alkyl halides is 1. The fourth-order valence-electron chi connectivity index (χ4n) is 2.13. The number of hydrogen-bond acceptors (Lipinski definition) is 3. The van der Waals surface area contributed by atoms with Crippen LogP contribution in [0.2, 0.25) is 0 Å². The Morgan fingerprint density at radius 3 is 1.39 bits per heavy atom. The molecule has 5 heteroatoms. The summed E-state index contributed by atoms with van der Waals surface area (Å²) in [7, 11) is -1.92. The van der Waals surface area contributed by atoms with Crippen LogP contribution in [0.3, 0.4) is 0 Å². The molecule has 0 nitrogen and oxygen atoms in total. The van der Waals surface area contributed by atoms with Crippen molar-refractivity contribution in [1.29, 1.82) is 0 Å². The van der Waals surface area contributed by atoms with Crippen molar-refractivity contribution < 1.29 is 0 Å². The zero-order valence-corrected chi connectivity index (χ0v) is 13.7. The van der Waals surface area contributed by atoms with Gasteiger partial charge in [-0.15, -0.1) is 11.6 Å². The Morgan fingerprint density at radius 1 is 0.778 bits per heavy atom. The van der Waals surface area contributed by atoms with Gasteiger partial charge in [0.25, 0.3) is 0 Å². The predicted molar refractivity (Wildman–Crippen MR) is 88.3 cm³/mol. The lowest BCUT2D eigenvalue weighted by Crippen LogP contribution is -2.66. The van der Waals surface area contributed by atoms with Crippen molar-refractivity contribution in [2.24, 2.45) is 0 Å². The van der Waals surface area contributed by atoms with Crippen LogP contribution in [0.15, 0.2) is 52.5 Å². The van der Waals surface area contributed by atoms with Gasteiger partial charge in [0.1, 0.15) is 0 Å². The molecule has 0 atom stereocenters. The lowest BCUT2D eigenvalue weighted by molar-refractivity contribution is 1.87. The maximum Gasteiger partial charge on any atom is 0.198 e. The third-order valence-corrected chi connectivity index (χ3v) is 13.9. The van der Waals surface area contributed by atoms with Crippen LogP contribution >= 0.6 is 45.6 Å². The summed E-state index contributed by atoms with van der Waals surface area (Å²) in [5, 5.41) is 6.47. The minimum atomic E-state index is -1.92. The Hall–Kier alpha value is -0.393. The highest BCUT2D eigenvalue weighted by molar-refractivity contribution is 7.45. The first-order chi connectivity index (χ1) is 8.88. The van der Waals surface area contributed by atoms with Crippen molar-refractivity contribution >= 4 is 67.2 Å². The molecule has 3 heterocycles. The van der Waals surface area contributed by atoms with E-state index in [2.05, 4.69) is 52.5 Å². The first-order valence-electron chi connectivity index (χ1n) is 5.56. The smallest absolute Gasteiger partial charge is 0.153 e.